The summed E-state index contributed by atoms with van der Waals surface area (Å²) in [5, 5.41) is 0. The van der Waals surface area contributed by atoms with Gasteiger partial charge in [-0.25, -0.2) is 0 Å². The van der Waals surface area contributed by atoms with Crippen LogP contribution in [0.3, 0.4) is 0 Å². The molecule has 1 nitrogen and oxygen atoms in total. The lowest BCUT2D eigenvalue weighted by Gasteiger charge is -2.22. The van der Waals surface area contributed by atoms with Gasteiger partial charge in [-0.15, -0.1) is 0 Å². The van der Waals surface area contributed by atoms with Crippen LogP contribution in [0.4, 0.5) is 0 Å². The van der Waals surface area contributed by atoms with E-state index in [0.29, 0.717) is 0 Å². The van der Waals surface area contributed by atoms with Crippen molar-refractivity contribution in [1.82, 2.24) is 0 Å². The molecule has 0 fully saturated rings. The minimum Gasteiger partial charge on any atom is -0.423 e. The van der Waals surface area contributed by atoms with Gasteiger partial charge >= 0.3 is 0 Å². The third kappa shape index (κ3) is 12.4. The Balaban J connectivity index is 3.23. The van der Waals surface area contributed by atoms with E-state index in [0.717, 1.165) is 23.3 Å². The highest BCUT2D eigenvalue weighted by atomic mass is 28.2. The zero-order chi connectivity index (χ0) is 13.7. The van der Waals surface area contributed by atoms with Crippen LogP contribution in [0, 0.1) is 0 Å². The van der Waals surface area contributed by atoms with Crippen LogP contribution in [-0.2, 0) is 4.43 Å². The fourth-order valence-electron chi connectivity index (χ4n) is 1.99. The number of hydrogen-bond acceptors (Lipinski definition) is 1. The van der Waals surface area contributed by atoms with Crippen LogP contribution in [0.1, 0.15) is 85.0 Å². The molecule has 108 valence electrons. The van der Waals surface area contributed by atoms with Gasteiger partial charge in [0.1, 0.15) is 10.5 Å². The summed E-state index contributed by atoms with van der Waals surface area (Å²) in [5.41, 5.74) is 0.0931. The molecule has 0 N–H and O–H groups in total. The summed E-state index contributed by atoms with van der Waals surface area (Å²) in [6.45, 7) is 6.64. The van der Waals surface area contributed by atoms with Crippen molar-refractivity contribution in [2.45, 2.75) is 90.6 Å². The molecule has 0 atom stereocenters. The second-order valence-electron chi connectivity index (χ2n) is 5.88. The minimum atomic E-state index is 0.0931. The van der Waals surface area contributed by atoms with Crippen molar-refractivity contribution in [3.8, 4) is 0 Å². The van der Waals surface area contributed by atoms with Crippen molar-refractivity contribution in [3.05, 3.63) is 12.2 Å². The van der Waals surface area contributed by atoms with Gasteiger partial charge in [-0.1, -0.05) is 57.6 Å². The molecule has 0 radical (unpaired) electrons. The van der Waals surface area contributed by atoms with E-state index in [9.17, 15) is 0 Å². The van der Waals surface area contributed by atoms with Crippen LogP contribution in [-0.4, -0.2) is 16.1 Å². The molecule has 0 unspecified atom stereocenters. The Bertz CT molecular complexity index is 199. The summed E-state index contributed by atoms with van der Waals surface area (Å²) in [5.74, 6) is 0. The van der Waals surface area contributed by atoms with Crippen LogP contribution in [0.25, 0.3) is 0 Å². The van der Waals surface area contributed by atoms with E-state index < -0.39 is 0 Å². The fraction of sp³-hybridized carbons (Fsp3) is 0.875. The summed E-state index contributed by atoms with van der Waals surface area (Å²) < 4.78 is 5.53. The van der Waals surface area contributed by atoms with Crippen molar-refractivity contribution in [3.63, 3.8) is 0 Å². The van der Waals surface area contributed by atoms with Crippen LogP contribution >= 0.6 is 0 Å². The summed E-state index contributed by atoms with van der Waals surface area (Å²) in [6.07, 6.45) is 18.1. The first-order valence-corrected chi connectivity index (χ1v) is 8.64. The number of allylic oxidation sites excluding steroid dienone is 2. The molecule has 0 spiro atoms. The van der Waals surface area contributed by atoms with E-state index in [1.807, 2.05) is 0 Å². The molecule has 0 aliphatic rings. The van der Waals surface area contributed by atoms with E-state index in [-0.39, 0.29) is 5.60 Å². The highest BCUT2D eigenvalue weighted by Gasteiger charge is 2.13. The van der Waals surface area contributed by atoms with E-state index in [4.69, 9.17) is 4.43 Å². The Kier molecular flexibility index (Phi) is 11.9. The summed E-state index contributed by atoms with van der Waals surface area (Å²) in [7, 11) is 0.844. The fourth-order valence-corrected chi connectivity index (χ4v) is 2.19. The van der Waals surface area contributed by atoms with E-state index in [2.05, 4.69) is 32.9 Å². The van der Waals surface area contributed by atoms with Crippen LogP contribution < -0.4 is 0 Å². The SMILES string of the molecule is CCCCCCCCCC=CCCC(C)(C)O[SiH3]. The smallest absolute Gasteiger partial charge is 0.146 e. The first-order chi connectivity index (χ1) is 8.62. The molecule has 0 aromatic carbocycles. The van der Waals surface area contributed by atoms with Crippen LogP contribution in [0.2, 0.25) is 0 Å². The molecule has 0 heterocycles. The lowest BCUT2D eigenvalue weighted by atomic mass is 10.0. The molecule has 0 rings (SSSR count). The van der Waals surface area contributed by atoms with Gasteiger partial charge in [0.05, 0.1) is 0 Å². The molecule has 0 saturated heterocycles. The number of unbranched alkanes of at least 4 members (excludes halogenated alkanes) is 7. The molecule has 0 saturated carbocycles. The van der Waals surface area contributed by atoms with Gasteiger partial charge in [0.15, 0.2) is 0 Å². The number of hydrogen-bond donors (Lipinski definition) is 0. The molecule has 0 aliphatic heterocycles. The highest BCUT2D eigenvalue weighted by molar-refractivity contribution is 5.98. The van der Waals surface area contributed by atoms with Gasteiger partial charge in [0, 0.05) is 5.60 Å². The van der Waals surface area contributed by atoms with Crippen LogP contribution in [0.5, 0.6) is 0 Å². The van der Waals surface area contributed by atoms with Crippen molar-refractivity contribution < 1.29 is 4.43 Å². The topological polar surface area (TPSA) is 9.23 Å². The highest BCUT2D eigenvalue weighted by Crippen LogP contribution is 2.15. The van der Waals surface area contributed by atoms with E-state index in [1.165, 1.54) is 51.4 Å². The number of rotatable bonds is 12. The predicted octanol–water partition coefficient (Wildman–Crippen LogP) is 4.54. The van der Waals surface area contributed by atoms with Gasteiger partial charge < -0.3 is 4.43 Å². The Morgan fingerprint density at radius 2 is 1.44 bits per heavy atom. The average Bonchev–Trinajstić information content (AvgIpc) is 2.36. The summed E-state index contributed by atoms with van der Waals surface area (Å²) in [4.78, 5) is 0. The Hall–Kier alpha value is -0.0831. The zero-order valence-electron chi connectivity index (χ0n) is 13.1. The quantitative estimate of drug-likeness (QED) is 0.287. The molecule has 0 amide bonds. The third-order valence-corrected chi connectivity index (χ3v) is 4.71. The molecule has 18 heavy (non-hydrogen) atoms. The van der Waals surface area contributed by atoms with Gasteiger partial charge in [0.2, 0.25) is 0 Å². The third-order valence-electron chi connectivity index (χ3n) is 3.61. The van der Waals surface area contributed by atoms with Gasteiger partial charge in [-0.05, 0) is 39.5 Å². The zero-order valence-corrected chi connectivity index (χ0v) is 15.1. The molecule has 2 heteroatoms. The van der Waals surface area contributed by atoms with E-state index >= 15 is 0 Å². The predicted molar refractivity (Wildman–Crippen MR) is 86.1 cm³/mol. The summed E-state index contributed by atoms with van der Waals surface area (Å²) >= 11 is 0. The normalized spacial score (nSPS) is 12.6. The van der Waals surface area contributed by atoms with Crippen molar-refractivity contribution >= 4 is 10.5 Å². The van der Waals surface area contributed by atoms with Crippen LogP contribution in [0.15, 0.2) is 12.2 Å². The molecule has 0 bridgehead atoms. The van der Waals surface area contributed by atoms with Gasteiger partial charge in [-0.2, -0.15) is 0 Å². The molecular weight excluding hydrogens is 236 g/mol. The maximum atomic E-state index is 5.53. The lowest BCUT2D eigenvalue weighted by molar-refractivity contribution is 0.114. The summed E-state index contributed by atoms with van der Waals surface area (Å²) in [6, 6.07) is 0. The van der Waals surface area contributed by atoms with Gasteiger partial charge in [-0.3, -0.25) is 0 Å². The first-order valence-electron chi connectivity index (χ1n) is 7.82. The molecular formula is C16H34OSi. The Morgan fingerprint density at radius 1 is 0.889 bits per heavy atom. The first kappa shape index (κ1) is 17.9. The van der Waals surface area contributed by atoms with Crippen molar-refractivity contribution in [2.24, 2.45) is 0 Å². The molecule has 0 aliphatic carbocycles. The van der Waals surface area contributed by atoms with Crippen molar-refractivity contribution in [2.75, 3.05) is 0 Å². The van der Waals surface area contributed by atoms with Gasteiger partial charge in [0.25, 0.3) is 0 Å². The maximum absolute atomic E-state index is 5.53. The average molecular weight is 271 g/mol. The Morgan fingerprint density at radius 3 is 2.06 bits per heavy atom. The van der Waals surface area contributed by atoms with Crippen molar-refractivity contribution in [1.29, 1.82) is 0 Å². The molecule has 0 aromatic rings. The Labute approximate surface area is 118 Å². The largest absolute Gasteiger partial charge is 0.423 e. The maximum Gasteiger partial charge on any atom is 0.146 e. The monoisotopic (exact) mass is 270 g/mol. The minimum absolute atomic E-state index is 0.0931. The molecule has 0 aromatic heterocycles. The second-order valence-corrected chi connectivity index (χ2v) is 6.29. The second kappa shape index (κ2) is 12.0. The lowest BCUT2D eigenvalue weighted by Crippen LogP contribution is -2.22. The standard InChI is InChI=1S/C16H34OSi/c1-4-5-6-7-8-9-10-11-12-13-14-15-16(2,3)17-18/h12-13H,4-11,14-15H2,1-3,18H3. The van der Waals surface area contributed by atoms with E-state index in [1.54, 1.807) is 0 Å².